The Bertz CT molecular complexity index is 825. The van der Waals surface area contributed by atoms with E-state index in [0.29, 0.717) is 11.4 Å². The first kappa shape index (κ1) is 19.3. The zero-order valence-electron chi connectivity index (χ0n) is 14.5. The molecule has 10 heteroatoms. The molecule has 3 rings (SSSR count). The molecule has 1 atom stereocenters. The van der Waals surface area contributed by atoms with Gasteiger partial charge in [0, 0.05) is 23.2 Å². The van der Waals surface area contributed by atoms with Gasteiger partial charge in [-0.1, -0.05) is 0 Å². The molecule has 0 radical (unpaired) electrons. The molecule has 1 saturated heterocycles. The third kappa shape index (κ3) is 5.27. The molecule has 0 aliphatic carbocycles. The highest BCUT2D eigenvalue weighted by Gasteiger charge is 2.42. The van der Waals surface area contributed by atoms with Gasteiger partial charge in [0.15, 0.2) is 0 Å². The van der Waals surface area contributed by atoms with Crippen molar-refractivity contribution in [3.05, 3.63) is 36.7 Å². The minimum absolute atomic E-state index is 0.0418. The van der Waals surface area contributed by atoms with Crippen molar-refractivity contribution < 1.29 is 18.4 Å². The second kappa shape index (κ2) is 8.05. The molecular formula is C17H19F2N5O2S. The fraction of sp³-hybridized carbons (Fsp3) is 0.353. The van der Waals surface area contributed by atoms with Gasteiger partial charge >= 0.3 is 0 Å². The maximum Gasteiger partial charge on any atom is 0.262 e. The smallest absolute Gasteiger partial charge is 0.262 e. The molecular weight excluding hydrogens is 376 g/mol. The molecule has 1 aliphatic rings. The average Bonchev–Trinajstić information content (AvgIpc) is 3.21. The highest BCUT2D eigenvalue weighted by atomic mass is 32.2. The number of amides is 2. The van der Waals surface area contributed by atoms with Crippen LogP contribution in [0.4, 0.5) is 20.2 Å². The average molecular weight is 395 g/mol. The van der Waals surface area contributed by atoms with E-state index in [0.717, 1.165) is 4.90 Å². The summed E-state index contributed by atoms with van der Waals surface area (Å²) in [5.41, 5.74) is 1.01. The highest BCUT2D eigenvalue weighted by Crippen LogP contribution is 2.25. The number of thioether (sulfide) groups is 1. The summed E-state index contributed by atoms with van der Waals surface area (Å²) in [4.78, 5) is 25.2. The number of halogens is 2. The molecule has 2 heterocycles. The van der Waals surface area contributed by atoms with Crippen LogP contribution in [0.15, 0.2) is 41.6 Å². The van der Waals surface area contributed by atoms with Crippen LogP contribution in [0.5, 0.6) is 0 Å². The molecule has 1 unspecified atom stereocenters. The van der Waals surface area contributed by atoms with Gasteiger partial charge in [0.25, 0.3) is 5.92 Å². The number of nitrogens with zero attached hydrogens (tertiary/aromatic N) is 2. The summed E-state index contributed by atoms with van der Waals surface area (Å²) in [5, 5.41) is 11.8. The van der Waals surface area contributed by atoms with Crippen molar-refractivity contribution >= 4 is 35.0 Å². The fourth-order valence-electron chi connectivity index (χ4n) is 2.67. The van der Waals surface area contributed by atoms with Crippen LogP contribution >= 0.6 is 11.8 Å². The molecule has 3 N–H and O–H groups in total. The Morgan fingerprint density at radius 3 is 2.67 bits per heavy atom. The van der Waals surface area contributed by atoms with E-state index in [1.165, 1.54) is 17.1 Å². The van der Waals surface area contributed by atoms with E-state index in [2.05, 4.69) is 21.0 Å². The predicted octanol–water partition coefficient (Wildman–Crippen LogP) is 2.18. The first-order valence-electron chi connectivity index (χ1n) is 8.23. The van der Waals surface area contributed by atoms with Gasteiger partial charge in [0.2, 0.25) is 11.8 Å². The molecule has 1 aromatic heterocycles. The van der Waals surface area contributed by atoms with E-state index >= 15 is 0 Å². The van der Waals surface area contributed by atoms with E-state index in [4.69, 9.17) is 0 Å². The lowest BCUT2D eigenvalue weighted by Gasteiger charge is -2.09. The maximum absolute atomic E-state index is 13.2. The first-order valence-corrected chi connectivity index (χ1v) is 9.45. The molecule has 1 aliphatic heterocycles. The molecule has 144 valence electrons. The number of hydrogen-bond donors (Lipinski definition) is 3. The standard InChI is InChI=1S/C17H19F2N5O2S/c1-27-13-4-2-11(3-5-13)22-15(25)9-24-8-12(7-21-24)23-16(26)14-6-17(18,19)10-20-14/h2-5,7-8,14,20H,6,9-10H2,1H3,(H,22,25)(H,23,26). The number of carbonyl (C=O) groups excluding carboxylic acids is 2. The van der Waals surface area contributed by atoms with Crippen LogP contribution in [0.2, 0.25) is 0 Å². The number of anilines is 2. The van der Waals surface area contributed by atoms with Crippen molar-refractivity contribution in [2.24, 2.45) is 0 Å². The van der Waals surface area contributed by atoms with Gasteiger partial charge in [-0.3, -0.25) is 19.6 Å². The van der Waals surface area contributed by atoms with E-state index in [-0.39, 0.29) is 12.5 Å². The van der Waals surface area contributed by atoms with E-state index < -0.39 is 30.8 Å². The summed E-state index contributed by atoms with van der Waals surface area (Å²) >= 11 is 1.61. The summed E-state index contributed by atoms with van der Waals surface area (Å²) in [6.45, 7) is -0.553. The van der Waals surface area contributed by atoms with Gasteiger partial charge in [-0.05, 0) is 30.5 Å². The Labute approximate surface area is 158 Å². The quantitative estimate of drug-likeness (QED) is 0.653. The van der Waals surface area contributed by atoms with Gasteiger partial charge in [0.1, 0.15) is 6.54 Å². The normalized spacial score (nSPS) is 18.3. The van der Waals surface area contributed by atoms with Crippen molar-refractivity contribution in [3.8, 4) is 0 Å². The fourth-order valence-corrected chi connectivity index (χ4v) is 3.08. The number of benzene rings is 1. The number of rotatable bonds is 6. The van der Waals surface area contributed by atoms with Crippen molar-refractivity contribution in [1.82, 2.24) is 15.1 Å². The number of alkyl halides is 2. The SMILES string of the molecule is CSc1ccc(NC(=O)Cn2cc(NC(=O)C3CC(F)(F)CN3)cn2)cc1. The zero-order chi connectivity index (χ0) is 19.4. The van der Waals surface area contributed by atoms with E-state index in [1.54, 1.807) is 11.8 Å². The summed E-state index contributed by atoms with van der Waals surface area (Å²) in [5.74, 6) is -3.70. The lowest BCUT2D eigenvalue weighted by molar-refractivity contribution is -0.118. The molecule has 0 bridgehead atoms. The van der Waals surface area contributed by atoms with Crippen molar-refractivity contribution in [2.75, 3.05) is 23.4 Å². The summed E-state index contributed by atoms with van der Waals surface area (Å²) in [7, 11) is 0. The van der Waals surface area contributed by atoms with Crippen LogP contribution in [-0.4, -0.2) is 46.4 Å². The Morgan fingerprint density at radius 2 is 2.04 bits per heavy atom. The second-order valence-electron chi connectivity index (χ2n) is 6.19. The predicted molar refractivity (Wildman–Crippen MR) is 99.1 cm³/mol. The molecule has 7 nitrogen and oxygen atoms in total. The van der Waals surface area contributed by atoms with Crippen LogP contribution in [0, 0.1) is 0 Å². The van der Waals surface area contributed by atoms with Crippen LogP contribution in [-0.2, 0) is 16.1 Å². The van der Waals surface area contributed by atoms with Crippen molar-refractivity contribution in [3.63, 3.8) is 0 Å². The lowest BCUT2D eigenvalue weighted by atomic mass is 10.2. The number of nitrogens with one attached hydrogen (secondary N) is 3. The van der Waals surface area contributed by atoms with Gasteiger partial charge in [0.05, 0.1) is 24.5 Å². The van der Waals surface area contributed by atoms with Gasteiger partial charge in [-0.15, -0.1) is 11.8 Å². The Balaban J connectivity index is 1.51. The Morgan fingerprint density at radius 1 is 1.30 bits per heavy atom. The first-order chi connectivity index (χ1) is 12.8. The summed E-state index contributed by atoms with van der Waals surface area (Å²) in [6.07, 6.45) is 4.27. The van der Waals surface area contributed by atoms with E-state index in [1.807, 2.05) is 30.5 Å². The van der Waals surface area contributed by atoms with Gasteiger partial charge in [-0.2, -0.15) is 5.10 Å². The molecule has 1 aromatic carbocycles. The summed E-state index contributed by atoms with van der Waals surface area (Å²) < 4.78 is 27.7. The molecule has 1 fully saturated rings. The monoisotopic (exact) mass is 395 g/mol. The maximum atomic E-state index is 13.2. The highest BCUT2D eigenvalue weighted by molar-refractivity contribution is 7.98. The molecule has 27 heavy (non-hydrogen) atoms. The van der Waals surface area contributed by atoms with Crippen LogP contribution in [0.25, 0.3) is 0 Å². The topological polar surface area (TPSA) is 88.0 Å². The van der Waals surface area contributed by atoms with Crippen LogP contribution < -0.4 is 16.0 Å². The Hall–Kier alpha value is -2.46. The molecule has 2 aromatic rings. The van der Waals surface area contributed by atoms with Gasteiger partial charge < -0.3 is 10.6 Å². The van der Waals surface area contributed by atoms with Crippen LogP contribution in [0.1, 0.15) is 6.42 Å². The second-order valence-corrected chi connectivity index (χ2v) is 7.07. The minimum atomic E-state index is -2.88. The largest absolute Gasteiger partial charge is 0.324 e. The van der Waals surface area contributed by atoms with Crippen molar-refractivity contribution in [2.45, 2.75) is 29.8 Å². The lowest BCUT2D eigenvalue weighted by Crippen LogP contribution is -2.35. The molecule has 0 spiro atoms. The Kier molecular flexibility index (Phi) is 5.76. The van der Waals surface area contributed by atoms with Crippen molar-refractivity contribution in [1.29, 1.82) is 0 Å². The summed E-state index contributed by atoms with van der Waals surface area (Å²) in [6, 6.07) is 6.48. The van der Waals surface area contributed by atoms with Gasteiger partial charge in [-0.25, -0.2) is 8.78 Å². The molecule has 0 saturated carbocycles. The molecule has 2 amide bonds. The third-order valence-corrected chi connectivity index (χ3v) is 4.75. The minimum Gasteiger partial charge on any atom is -0.324 e. The van der Waals surface area contributed by atoms with Crippen LogP contribution in [0.3, 0.4) is 0 Å². The number of hydrogen-bond acceptors (Lipinski definition) is 5. The third-order valence-electron chi connectivity index (χ3n) is 4.01. The van der Waals surface area contributed by atoms with E-state index in [9.17, 15) is 18.4 Å². The zero-order valence-corrected chi connectivity index (χ0v) is 15.4. The number of aromatic nitrogens is 2. The number of carbonyl (C=O) groups is 2.